The van der Waals surface area contributed by atoms with Gasteiger partial charge in [-0.25, -0.2) is 0 Å². The normalized spacial score (nSPS) is 26.2. The molecule has 0 aliphatic heterocycles. The average molecular weight is 262 g/mol. The molecule has 0 bridgehead atoms. The predicted molar refractivity (Wildman–Crippen MR) is 82.9 cm³/mol. The highest BCUT2D eigenvalue weighted by Gasteiger charge is 2.48. The molecule has 98 valence electrons. The summed E-state index contributed by atoms with van der Waals surface area (Å²) in [6, 6.07) is 11.3. The number of hydrogen-bond donors (Lipinski definition) is 1. The second-order valence-corrected chi connectivity index (χ2v) is 9.20. The molecule has 0 saturated heterocycles. The predicted octanol–water partition coefficient (Wildman–Crippen LogP) is 3.40. The standard InChI is InChI=1S/C16H25NP/c1-13(17-2)15-11-8-12-16(15)18(3,4)14-9-6-5-7-10-14/h3,5-7,9-10,13,15-17H,8,11-12H2,1-2,4H3/q+1/t13-,15?,16?,18?/m1/s1. The maximum Gasteiger partial charge on any atom is 0.155 e. The first-order valence-corrected chi connectivity index (χ1v) is 9.32. The lowest BCUT2D eigenvalue weighted by Crippen LogP contribution is -2.37. The Morgan fingerprint density at radius 3 is 2.56 bits per heavy atom. The van der Waals surface area contributed by atoms with Gasteiger partial charge in [-0.3, -0.25) is 0 Å². The quantitative estimate of drug-likeness (QED) is 0.820. The van der Waals surface area contributed by atoms with E-state index in [1.807, 2.05) is 0 Å². The fraction of sp³-hybridized carbons (Fsp3) is 0.562. The van der Waals surface area contributed by atoms with E-state index in [0.717, 1.165) is 5.92 Å². The molecule has 3 unspecified atom stereocenters. The van der Waals surface area contributed by atoms with Gasteiger partial charge in [0.2, 0.25) is 0 Å². The van der Waals surface area contributed by atoms with Crippen LogP contribution >= 0.6 is 7.26 Å². The second kappa shape index (κ2) is 5.72. The molecule has 1 aliphatic rings. The van der Waals surface area contributed by atoms with Gasteiger partial charge in [0.15, 0.2) is 6.66 Å². The number of benzene rings is 1. The number of nitrogens with one attached hydrogen (secondary N) is 1. The Balaban J connectivity index is 2.24. The monoisotopic (exact) mass is 262 g/mol. The maximum absolute atomic E-state index is 6.81. The van der Waals surface area contributed by atoms with Gasteiger partial charge in [0.25, 0.3) is 0 Å². The van der Waals surface area contributed by atoms with E-state index < -0.39 is 7.26 Å². The Kier molecular flexibility index (Phi) is 4.45. The van der Waals surface area contributed by atoms with Crippen molar-refractivity contribution in [1.82, 2.24) is 5.32 Å². The second-order valence-electron chi connectivity index (χ2n) is 5.72. The highest BCUT2D eigenvalue weighted by molar-refractivity contribution is 7.84. The van der Waals surface area contributed by atoms with E-state index in [1.54, 1.807) is 0 Å². The summed E-state index contributed by atoms with van der Waals surface area (Å²) in [7, 11) is 0.559. The first-order chi connectivity index (χ1) is 8.57. The van der Waals surface area contributed by atoms with Gasteiger partial charge in [-0.1, -0.05) is 18.2 Å². The molecule has 1 aromatic carbocycles. The van der Waals surface area contributed by atoms with Gasteiger partial charge in [-0.15, -0.1) is 0 Å². The Morgan fingerprint density at radius 1 is 1.28 bits per heavy atom. The minimum atomic E-state index is -1.51. The topological polar surface area (TPSA) is 12.0 Å². The first kappa shape index (κ1) is 14.0. The van der Waals surface area contributed by atoms with Gasteiger partial charge in [-0.05, 0) is 45.4 Å². The lowest BCUT2D eigenvalue weighted by Gasteiger charge is -2.32. The largest absolute Gasteiger partial charge is 0.317 e. The van der Waals surface area contributed by atoms with E-state index >= 15 is 0 Å². The molecule has 18 heavy (non-hydrogen) atoms. The van der Waals surface area contributed by atoms with Crippen molar-refractivity contribution in [2.75, 3.05) is 13.7 Å². The van der Waals surface area contributed by atoms with Crippen LogP contribution in [0.25, 0.3) is 0 Å². The van der Waals surface area contributed by atoms with Crippen LogP contribution in [0.2, 0.25) is 0 Å². The highest BCUT2D eigenvalue weighted by atomic mass is 31.2. The zero-order chi connectivity index (χ0) is 13.2. The average Bonchev–Trinajstić information content (AvgIpc) is 2.89. The Morgan fingerprint density at radius 2 is 1.94 bits per heavy atom. The van der Waals surface area contributed by atoms with Crippen molar-refractivity contribution >= 4 is 12.6 Å². The van der Waals surface area contributed by atoms with Crippen LogP contribution < -0.4 is 10.6 Å². The molecule has 1 fully saturated rings. The van der Waals surface area contributed by atoms with Crippen LogP contribution in [-0.2, 0) is 0 Å². The minimum Gasteiger partial charge on any atom is -0.317 e. The summed E-state index contributed by atoms with van der Waals surface area (Å²) in [5, 5.41) is 4.80. The summed E-state index contributed by atoms with van der Waals surface area (Å²) < 4.78 is 0. The maximum atomic E-state index is 6.81. The van der Waals surface area contributed by atoms with E-state index in [9.17, 15) is 0 Å². The van der Waals surface area contributed by atoms with Gasteiger partial charge in [0.1, 0.15) is 0 Å². The molecule has 1 N–H and O–H groups in total. The molecular formula is C16H25NP+. The molecule has 0 amide bonds. The van der Waals surface area contributed by atoms with Crippen LogP contribution in [0.4, 0.5) is 0 Å². The van der Waals surface area contributed by atoms with Crippen LogP contribution in [-0.4, -0.2) is 25.4 Å². The first-order valence-electron chi connectivity index (χ1n) is 6.95. The molecule has 2 radical (unpaired) electrons. The van der Waals surface area contributed by atoms with Crippen LogP contribution in [0.1, 0.15) is 26.2 Å². The van der Waals surface area contributed by atoms with Crippen molar-refractivity contribution in [3.05, 3.63) is 37.0 Å². The lowest BCUT2D eigenvalue weighted by atomic mass is 10.00. The number of rotatable bonds is 4. The van der Waals surface area contributed by atoms with Gasteiger partial charge < -0.3 is 5.32 Å². The van der Waals surface area contributed by atoms with Gasteiger partial charge in [0, 0.05) is 12.0 Å². The highest BCUT2D eigenvalue weighted by Crippen LogP contribution is 2.63. The van der Waals surface area contributed by atoms with Crippen molar-refractivity contribution in [2.24, 2.45) is 5.92 Å². The number of hydrogen-bond acceptors (Lipinski definition) is 1. The molecule has 0 spiro atoms. The summed E-state index contributed by atoms with van der Waals surface area (Å²) in [5.41, 5.74) is 0.683. The van der Waals surface area contributed by atoms with Crippen molar-refractivity contribution in [1.29, 1.82) is 0 Å². The van der Waals surface area contributed by atoms with E-state index in [4.69, 9.17) is 6.66 Å². The van der Waals surface area contributed by atoms with Crippen LogP contribution in [0.5, 0.6) is 0 Å². The Labute approximate surface area is 113 Å². The molecule has 1 aromatic rings. The molecule has 2 rings (SSSR count). The molecule has 4 atom stereocenters. The molecule has 1 nitrogen and oxygen atoms in total. The third kappa shape index (κ3) is 2.63. The van der Waals surface area contributed by atoms with E-state index in [0.29, 0.717) is 11.7 Å². The van der Waals surface area contributed by atoms with E-state index in [1.165, 1.54) is 24.6 Å². The third-order valence-electron chi connectivity index (χ3n) is 4.63. The van der Waals surface area contributed by atoms with Gasteiger partial charge in [-0.2, -0.15) is 0 Å². The van der Waals surface area contributed by atoms with Crippen LogP contribution in [0.3, 0.4) is 0 Å². The summed E-state index contributed by atoms with van der Waals surface area (Å²) in [6.45, 7) is 11.4. The third-order valence-corrected chi connectivity index (χ3v) is 8.06. The molecule has 0 heterocycles. The van der Waals surface area contributed by atoms with Crippen LogP contribution in [0, 0.1) is 12.6 Å². The fourth-order valence-electron chi connectivity index (χ4n) is 3.37. The molecular weight excluding hydrogens is 237 g/mol. The molecule has 2 heteroatoms. The Hall–Kier alpha value is -0.390. The SMILES string of the molecule is [CH][P+](C)(c1ccccc1)C1CCCC1[C@@H](C)NC. The summed E-state index contributed by atoms with van der Waals surface area (Å²) in [6.07, 6.45) is 3.96. The Bertz CT molecular complexity index is 374. The smallest absolute Gasteiger partial charge is 0.155 e. The van der Waals surface area contributed by atoms with Crippen molar-refractivity contribution < 1.29 is 0 Å². The van der Waals surface area contributed by atoms with Crippen LogP contribution in [0.15, 0.2) is 30.3 Å². The van der Waals surface area contributed by atoms with Crippen molar-refractivity contribution in [3.63, 3.8) is 0 Å². The molecule has 1 saturated carbocycles. The minimum absolute atomic E-state index is 0.573. The fourth-order valence-corrected chi connectivity index (χ4v) is 6.49. The van der Waals surface area contributed by atoms with Crippen molar-refractivity contribution in [3.8, 4) is 0 Å². The van der Waals surface area contributed by atoms with Gasteiger partial charge >= 0.3 is 0 Å². The van der Waals surface area contributed by atoms with E-state index in [-0.39, 0.29) is 0 Å². The van der Waals surface area contributed by atoms with E-state index in [2.05, 4.69) is 56.3 Å². The zero-order valence-corrected chi connectivity index (χ0v) is 12.7. The molecule has 0 aromatic heterocycles. The van der Waals surface area contributed by atoms with Gasteiger partial charge in [0.05, 0.1) is 24.9 Å². The summed E-state index contributed by atoms with van der Waals surface area (Å²) in [5.74, 6) is 0.735. The summed E-state index contributed by atoms with van der Waals surface area (Å²) >= 11 is 0. The lowest BCUT2D eigenvalue weighted by molar-refractivity contribution is 0.409. The molecule has 1 aliphatic carbocycles. The zero-order valence-electron chi connectivity index (χ0n) is 11.8. The van der Waals surface area contributed by atoms with Crippen molar-refractivity contribution in [2.45, 2.75) is 37.9 Å². The summed E-state index contributed by atoms with van der Waals surface area (Å²) in [4.78, 5) is 0.